The van der Waals surface area contributed by atoms with Gasteiger partial charge in [0.05, 0.1) is 0 Å². The molecule has 0 aliphatic heterocycles. The molecule has 0 unspecified atom stereocenters. The smallest absolute Gasteiger partial charge is 0.423 e. The zero-order chi connectivity index (χ0) is 9.14. The van der Waals surface area contributed by atoms with Crippen LogP contribution in [0.3, 0.4) is 0 Å². The third-order valence-electron chi connectivity index (χ3n) is 1.70. The lowest BCUT2D eigenvalue weighted by atomic mass is 9.76. The predicted octanol–water partition coefficient (Wildman–Crippen LogP) is 0.399. The summed E-state index contributed by atoms with van der Waals surface area (Å²) in [4.78, 5) is 0. The Morgan fingerprint density at radius 3 is 2.33 bits per heavy atom. The van der Waals surface area contributed by atoms with Gasteiger partial charge in [-0.05, 0) is 17.9 Å². The van der Waals surface area contributed by atoms with E-state index in [1.54, 1.807) is 12.1 Å². The summed E-state index contributed by atoms with van der Waals surface area (Å²) in [6, 6.07) is 7.10. The summed E-state index contributed by atoms with van der Waals surface area (Å²) in [5.41, 5.74) is 2.14. The molecule has 0 radical (unpaired) electrons. The van der Waals surface area contributed by atoms with Crippen LogP contribution in [0.2, 0.25) is 0 Å². The van der Waals surface area contributed by atoms with E-state index < -0.39 is 7.12 Å². The average molecular weight is 162 g/mol. The summed E-state index contributed by atoms with van der Waals surface area (Å²) in [6.07, 6.45) is 0. The first-order valence-corrected chi connectivity index (χ1v) is 3.74. The van der Waals surface area contributed by atoms with Crippen LogP contribution in [0.1, 0.15) is 12.5 Å². The summed E-state index contributed by atoms with van der Waals surface area (Å²) in [7, 11) is -1.42. The Balaban J connectivity index is 3.17. The van der Waals surface area contributed by atoms with Crippen molar-refractivity contribution in [2.45, 2.75) is 6.92 Å². The third kappa shape index (κ3) is 1.75. The molecule has 1 rings (SSSR count). The molecule has 62 valence electrons. The zero-order valence-electron chi connectivity index (χ0n) is 6.99. The fourth-order valence-corrected chi connectivity index (χ4v) is 1.11. The van der Waals surface area contributed by atoms with Gasteiger partial charge in [-0.25, -0.2) is 0 Å². The van der Waals surface area contributed by atoms with Crippen molar-refractivity contribution in [3.63, 3.8) is 0 Å². The van der Waals surface area contributed by atoms with E-state index >= 15 is 0 Å². The quantitative estimate of drug-likeness (QED) is 0.618. The maximum atomic E-state index is 8.97. The second-order valence-corrected chi connectivity index (χ2v) is 2.74. The van der Waals surface area contributed by atoms with Gasteiger partial charge in [0, 0.05) is 0 Å². The van der Waals surface area contributed by atoms with Gasteiger partial charge >= 0.3 is 7.12 Å². The lowest BCUT2D eigenvalue weighted by Gasteiger charge is -2.06. The van der Waals surface area contributed by atoms with Gasteiger partial charge in [-0.3, -0.25) is 0 Å². The van der Waals surface area contributed by atoms with Crippen molar-refractivity contribution >= 4 is 18.2 Å². The average Bonchev–Trinajstić information content (AvgIpc) is 2.04. The van der Waals surface area contributed by atoms with Crippen LogP contribution >= 0.6 is 0 Å². The molecule has 0 aliphatic carbocycles. The lowest BCUT2D eigenvalue weighted by molar-refractivity contribution is 0.425. The topological polar surface area (TPSA) is 40.5 Å². The van der Waals surface area contributed by atoms with Crippen molar-refractivity contribution in [2.24, 2.45) is 0 Å². The van der Waals surface area contributed by atoms with Crippen molar-refractivity contribution in [2.75, 3.05) is 0 Å². The van der Waals surface area contributed by atoms with Gasteiger partial charge < -0.3 is 10.0 Å². The molecule has 0 saturated carbocycles. The molecule has 2 N–H and O–H groups in total. The summed E-state index contributed by atoms with van der Waals surface area (Å²) in [5, 5.41) is 17.9. The standard InChI is InChI=1S/C9H11BO2/c1-7(2)8-5-3-4-6-9(8)10(11)12/h3-6,11-12H,1H2,2H3. The van der Waals surface area contributed by atoms with Crippen LogP contribution in [0.15, 0.2) is 30.8 Å². The molecule has 3 heteroatoms. The molecule has 0 saturated heterocycles. The molecule has 0 fully saturated rings. The van der Waals surface area contributed by atoms with Crippen LogP contribution in [0.5, 0.6) is 0 Å². The minimum Gasteiger partial charge on any atom is -0.423 e. The second kappa shape index (κ2) is 3.56. The minimum absolute atomic E-state index is 0.505. The first kappa shape index (κ1) is 9.04. The molecule has 1 aromatic carbocycles. The van der Waals surface area contributed by atoms with E-state index in [0.29, 0.717) is 5.46 Å². The predicted molar refractivity (Wildman–Crippen MR) is 51.0 cm³/mol. The fourth-order valence-electron chi connectivity index (χ4n) is 1.11. The Kier molecular flexibility index (Phi) is 2.68. The van der Waals surface area contributed by atoms with Gasteiger partial charge in [0.2, 0.25) is 0 Å². The SMILES string of the molecule is C=C(C)c1ccccc1B(O)O. The highest BCUT2D eigenvalue weighted by Gasteiger charge is 2.14. The maximum absolute atomic E-state index is 8.97. The van der Waals surface area contributed by atoms with E-state index in [4.69, 9.17) is 10.0 Å². The molecule has 0 spiro atoms. The lowest BCUT2D eigenvalue weighted by Crippen LogP contribution is -2.32. The molecule has 0 aliphatic rings. The highest BCUT2D eigenvalue weighted by molar-refractivity contribution is 6.59. The summed E-state index contributed by atoms with van der Waals surface area (Å²) in [6.45, 7) is 5.58. The molecule has 0 atom stereocenters. The molecule has 12 heavy (non-hydrogen) atoms. The van der Waals surface area contributed by atoms with E-state index in [1.165, 1.54) is 0 Å². The normalized spacial score (nSPS) is 9.58. The number of hydrogen-bond acceptors (Lipinski definition) is 2. The van der Waals surface area contributed by atoms with Gasteiger partial charge in [0.25, 0.3) is 0 Å². The van der Waals surface area contributed by atoms with Crippen molar-refractivity contribution in [3.8, 4) is 0 Å². The Hall–Kier alpha value is -1.06. The van der Waals surface area contributed by atoms with Crippen molar-refractivity contribution < 1.29 is 10.0 Å². The molecule has 0 heterocycles. The Labute approximate surface area is 72.3 Å². The summed E-state index contributed by atoms with van der Waals surface area (Å²) < 4.78 is 0. The third-order valence-corrected chi connectivity index (χ3v) is 1.70. The number of benzene rings is 1. The number of allylic oxidation sites excluding steroid dienone is 1. The zero-order valence-corrected chi connectivity index (χ0v) is 6.99. The van der Waals surface area contributed by atoms with Crippen LogP contribution in [-0.4, -0.2) is 17.2 Å². The molecule has 0 bridgehead atoms. The van der Waals surface area contributed by atoms with Crippen LogP contribution in [0.4, 0.5) is 0 Å². The highest BCUT2D eigenvalue weighted by atomic mass is 16.4. The molecule has 0 aromatic heterocycles. The Bertz CT molecular complexity index is 294. The monoisotopic (exact) mass is 162 g/mol. The summed E-state index contributed by atoms with van der Waals surface area (Å²) >= 11 is 0. The summed E-state index contributed by atoms with van der Waals surface area (Å²) in [5.74, 6) is 0. The molecule has 1 aromatic rings. The molecular weight excluding hydrogens is 151 g/mol. The fraction of sp³-hybridized carbons (Fsp3) is 0.111. The molecule has 2 nitrogen and oxygen atoms in total. The van der Waals surface area contributed by atoms with E-state index in [0.717, 1.165) is 11.1 Å². The van der Waals surface area contributed by atoms with Crippen molar-refractivity contribution in [1.29, 1.82) is 0 Å². The van der Waals surface area contributed by atoms with Crippen LogP contribution in [0, 0.1) is 0 Å². The Morgan fingerprint density at radius 2 is 1.92 bits per heavy atom. The maximum Gasteiger partial charge on any atom is 0.489 e. The first-order valence-electron chi connectivity index (χ1n) is 3.74. The van der Waals surface area contributed by atoms with Crippen LogP contribution < -0.4 is 5.46 Å². The van der Waals surface area contributed by atoms with Gasteiger partial charge in [-0.2, -0.15) is 0 Å². The van der Waals surface area contributed by atoms with E-state index in [1.807, 2.05) is 19.1 Å². The van der Waals surface area contributed by atoms with E-state index in [2.05, 4.69) is 6.58 Å². The van der Waals surface area contributed by atoms with Gasteiger partial charge in [0.1, 0.15) is 0 Å². The second-order valence-electron chi connectivity index (χ2n) is 2.74. The molecular formula is C9H11BO2. The number of rotatable bonds is 2. The van der Waals surface area contributed by atoms with Gasteiger partial charge in [-0.15, -0.1) is 0 Å². The van der Waals surface area contributed by atoms with Crippen LogP contribution in [-0.2, 0) is 0 Å². The minimum atomic E-state index is -1.42. The van der Waals surface area contributed by atoms with Gasteiger partial charge in [0.15, 0.2) is 0 Å². The first-order chi connectivity index (χ1) is 5.63. The van der Waals surface area contributed by atoms with E-state index in [-0.39, 0.29) is 0 Å². The van der Waals surface area contributed by atoms with Crippen molar-refractivity contribution in [3.05, 3.63) is 36.4 Å². The highest BCUT2D eigenvalue weighted by Crippen LogP contribution is 2.07. The molecule has 0 amide bonds. The Morgan fingerprint density at radius 1 is 1.33 bits per heavy atom. The van der Waals surface area contributed by atoms with Crippen molar-refractivity contribution in [1.82, 2.24) is 0 Å². The van der Waals surface area contributed by atoms with E-state index in [9.17, 15) is 0 Å². The number of hydrogen-bond donors (Lipinski definition) is 2. The van der Waals surface area contributed by atoms with Crippen LogP contribution in [0.25, 0.3) is 5.57 Å². The van der Waals surface area contributed by atoms with Gasteiger partial charge in [-0.1, -0.05) is 36.4 Å². The largest absolute Gasteiger partial charge is 0.489 e.